The van der Waals surface area contributed by atoms with Crippen LogP contribution in [0.15, 0.2) is 42.6 Å². The second kappa shape index (κ2) is 8.07. The third-order valence-electron chi connectivity index (χ3n) is 3.39. The molecule has 0 saturated carbocycles. The van der Waals surface area contributed by atoms with Gasteiger partial charge in [-0.1, -0.05) is 23.2 Å². The Balaban J connectivity index is 1.80. The normalized spacial score (nSPS) is 10.3. The Morgan fingerprint density at radius 3 is 2.50 bits per heavy atom. The van der Waals surface area contributed by atoms with Gasteiger partial charge in [0.1, 0.15) is 0 Å². The fraction of sp³-hybridized carbons (Fsp3) is 0.118. The monoisotopic (exact) mass is 391 g/mol. The molecule has 2 aromatic carbocycles. The minimum atomic E-state index is 0.277. The van der Waals surface area contributed by atoms with Gasteiger partial charge >= 0.3 is 0 Å². The molecule has 0 aliphatic rings. The number of methoxy groups -OCH3 is 2. The summed E-state index contributed by atoms with van der Waals surface area (Å²) in [6.07, 6.45) is 1.50. The third kappa shape index (κ3) is 4.25. The maximum atomic E-state index is 6.14. The molecule has 0 unspecified atom stereocenters. The van der Waals surface area contributed by atoms with Crippen molar-refractivity contribution in [3.8, 4) is 11.5 Å². The van der Waals surface area contributed by atoms with Crippen LogP contribution < -0.4 is 20.1 Å². The van der Waals surface area contributed by atoms with E-state index in [1.807, 2.05) is 6.07 Å². The summed E-state index contributed by atoms with van der Waals surface area (Å²) in [5, 5.41) is 15.1. The van der Waals surface area contributed by atoms with Crippen molar-refractivity contribution in [1.82, 2.24) is 15.2 Å². The fourth-order valence-electron chi connectivity index (χ4n) is 2.19. The highest BCUT2D eigenvalue weighted by atomic mass is 35.5. The fourth-order valence-corrected chi connectivity index (χ4v) is 2.53. The number of halogens is 2. The van der Waals surface area contributed by atoms with Gasteiger partial charge < -0.3 is 20.1 Å². The summed E-state index contributed by atoms with van der Waals surface area (Å²) in [4.78, 5) is 4.36. The zero-order chi connectivity index (χ0) is 18.5. The van der Waals surface area contributed by atoms with E-state index >= 15 is 0 Å². The predicted octanol–water partition coefficient (Wildman–Crippen LogP) is 4.68. The molecule has 0 spiro atoms. The van der Waals surface area contributed by atoms with Gasteiger partial charge in [-0.05, 0) is 30.3 Å². The first kappa shape index (κ1) is 18.0. The van der Waals surface area contributed by atoms with Gasteiger partial charge in [-0.15, -0.1) is 5.10 Å². The van der Waals surface area contributed by atoms with Crippen molar-refractivity contribution in [3.05, 3.63) is 52.6 Å². The number of hydrogen-bond donors (Lipinski definition) is 2. The van der Waals surface area contributed by atoms with E-state index in [9.17, 15) is 0 Å². The molecule has 0 saturated heterocycles. The summed E-state index contributed by atoms with van der Waals surface area (Å²) in [5.41, 5.74) is 1.35. The second-order valence-electron chi connectivity index (χ2n) is 5.11. The van der Waals surface area contributed by atoms with Gasteiger partial charge in [0, 0.05) is 16.8 Å². The Hall–Kier alpha value is -2.77. The smallest absolute Gasteiger partial charge is 0.249 e. The minimum absolute atomic E-state index is 0.277. The van der Waals surface area contributed by atoms with E-state index in [4.69, 9.17) is 32.7 Å². The molecule has 3 aromatic rings. The summed E-state index contributed by atoms with van der Waals surface area (Å²) in [7, 11) is 3.16. The van der Waals surface area contributed by atoms with Gasteiger partial charge in [0.2, 0.25) is 5.95 Å². The number of anilines is 4. The van der Waals surface area contributed by atoms with Crippen molar-refractivity contribution in [2.24, 2.45) is 0 Å². The average Bonchev–Trinajstić information content (AvgIpc) is 2.65. The number of nitrogens with zero attached hydrogens (tertiary/aromatic N) is 3. The molecular weight excluding hydrogens is 377 g/mol. The molecule has 3 rings (SSSR count). The van der Waals surface area contributed by atoms with Crippen LogP contribution in [0.2, 0.25) is 10.0 Å². The topological polar surface area (TPSA) is 81.2 Å². The van der Waals surface area contributed by atoms with Crippen molar-refractivity contribution in [2.45, 2.75) is 0 Å². The number of ether oxygens (including phenoxy) is 2. The number of rotatable bonds is 6. The van der Waals surface area contributed by atoms with Crippen molar-refractivity contribution in [3.63, 3.8) is 0 Å². The lowest BCUT2D eigenvalue weighted by molar-refractivity contribution is 0.355. The number of benzene rings is 2. The highest BCUT2D eigenvalue weighted by Gasteiger charge is 2.08. The van der Waals surface area contributed by atoms with E-state index in [-0.39, 0.29) is 5.95 Å². The first-order chi connectivity index (χ1) is 12.6. The SMILES string of the molecule is COc1ccc(Nc2cnnc(Nc3cc(Cl)ccc3Cl)n2)cc1OC. The summed E-state index contributed by atoms with van der Waals surface area (Å²) in [5.74, 6) is 2.01. The number of aromatic nitrogens is 3. The van der Waals surface area contributed by atoms with Crippen LogP contribution in [0.4, 0.5) is 23.1 Å². The molecule has 0 bridgehead atoms. The van der Waals surface area contributed by atoms with Gasteiger partial charge in [-0.25, -0.2) is 0 Å². The molecule has 7 nitrogen and oxygen atoms in total. The minimum Gasteiger partial charge on any atom is -0.493 e. The van der Waals surface area contributed by atoms with E-state index in [2.05, 4.69) is 25.8 Å². The van der Waals surface area contributed by atoms with Gasteiger partial charge in [0.15, 0.2) is 17.3 Å². The Morgan fingerprint density at radius 1 is 0.923 bits per heavy atom. The van der Waals surface area contributed by atoms with Crippen molar-refractivity contribution < 1.29 is 9.47 Å². The van der Waals surface area contributed by atoms with Crippen molar-refractivity contribution in [1.29, 1.82) is 0 Å². The molecule has 1 heterocycles. The van der Waals surface area contributed by atoms with Gasteiger partial charge in [0.25, 0.3) is 0 Å². The van der Waals surface area contributed by atoms with E-state index in [0.29, 0.717) is 33.0 Å². The summed E-state index contributed by atoms with van der Waals surface area (Å²) in [6.45, 7) is 0. The quantitative estimate of drug-likeness (QED) is 0.630. The van der Waals surface area contributed by atoms with E-state index in [1.165, 1.54) is 6.20 Å². The number of hydrogen-bond acceptors (Lipinski definition) is 7. The maximum Gasteiger partial charge on any atom is 0.249 e. The Bertz CT molecular complexity index is 923. The largest absolute Gasteiger partial charge is 0.493 e. The summed E-state index contributed by atoms with van der Waals surface area (Å²) < 4.78 is 10.5. The van der Waals surface area contributed by atoms with E-state index in [0.717, 1.165) is 5.69 Å². The van der Waals surface area contributed by atoms with Crippen LogP contribution in [0.5, 0.6) is 11.5 Å². The molecule has 0 aliphatic heterocycles. The summed E-state index contributed by atoms with van der Waals surface area (Å²) >= 11 is 12.1. The lowest BCUT2D eigenvalue weighted by Crippen LogP contribution is -2.03. The molecule has 1 aromatic heterocycles. The highest BCUT2D eigenvalue weighted by molar-refractivity contribution is 6.35. The molecule has 0 amide bonds. The second-order valence-corrected chi connectivity index (χ2v) is 5.95. The first-order valence-electron chi connectivity index (χ1n) is 7.50. The molecular formula is C17H15Cl2N5O2. The predicted molar refractivity (Wildman–Crippen MR) is 102 cm³/mol. The summed E-state index contributed by atoms with van der Waals surface area (Å²) in [6, 6.07) is 10.5. The average molecular weight is 392 g/mol. The highest BCUT2D eigenvalue weighted by Crippen LogP contribution is 2.31. The van der Waals surface area contributed by atoms with Crippen LogP contribution in [0.1, 0.15) is 0 Å². The number of nitrogens with one attached hydrogen (secondary N) is 2. The van der Waals surface area contributed by atoms with Gasteiger partial charge in [-0.3, -0.25) is 0 Å². The van der Waals surface area contributed by atoms with Gasteiger partial charge in [0.05, 0.1) is 31.1 Å². The van der Waals surface area contributed by atoms with Crippen molar-refractivity contribution >= 4 is 46.3 Å². The molecule has 26 heavy (non-hydrogen) atoms. The first-order valence-corrected chi connectivity index (χ1v) is 8.25. The molecule has 0 atom stereocenters. The Morgan fingerprint density at radius 2 is 1.73 bits per heavy atom. The van der Waals surface area contributed by atoms with Crippen LogP contribution in [0.3, 0.4) is 0 Å². The lowest BCUT2D eigenvalue weighted by atomic mass is 10.2. The van der Waals surface area contributed by atoms with Gasteiger partial charge in [-0.2, -0.15) is 10.1 Å². The zero-order valence-corrected chi connectivity index (χ0v) is 15.5. The molecule has 0 aliphatic carbocycles. The Kier molecular flexibility index (Phi) is 5.60. The van der Waals surface area contributed by atoms with Crippen LogP contribution in [-0.2, 0) is 0 Å². The standard InChI is InChI=1S/C17H15Cl2N5O2/c1-25-14-6-4-11(8-15(14)26-2)21-16-9-20-24-17(23-16)22-13-7-10(18)3-5-12(13)19/h3-9H,1-2H3,(H2,21,22,23,24). The van der Waals surface area contributed by atoms with Crippen LogP contribution in [0, 0.1) is 0 Å². The van der Waals surface area contributed by atoms with Crippen LogP contribution >= 0.6 is 23.2 Å². The molecule has 0 radical (unpaired) electrons. The zero-order valence-electron chi connectivity index (χ0n) is 14.0. The van der Waals surface area contributed by atoms with Crippen LogP contribution in [0.25, 0.3) is 0 Å². The third-order valence-corrected chi connectivity index (χ3v) is 3.95. The molecule has 134 valence electrons. The van der Waals surface area contributed by atoms with Crippen LogP contribution in [-0.4, -0.2) is 29.4 Å². The molecule has 9 heteroatoms. The Labute approximate surface area is 160 Å². The maximum absolute atomic E-state index is 6.14. The van der Waals surface area contributed by atoms with Crippen molar-refractivity contribution in [2.75, 3.05) is 24.9 Å². The van der Waals surface area contributed by atoms with E-state index in [1.54, 1.807) is 44.6 Å². The lowest BCUT2D eigenvalue weighted by Gasteiger charge is -2.11. The van der Waals surface area contributed by atoms with E-state index < -0.39 is 0 Å². The molecule has 0 fully saturated rings. The molecule has 2 N–H and O–H groups in total.